The van der Waals surface area contributed by atoms with Gasteiger partial charge in [-0.25, -0.2) is 4.98 Å². The minimum Gasteiger partial charge on any atom is -0.495 e. The molecule has 2 rings (SSSR count). The molecule has 0 spiro atoms. The number of carbonyl (C=O) groups is 1. The normalized spacial score (nSPS) is 10.2. The van der Waals surface area contributed by atoms with Crippen molar-refractivity contribution in [3.8, 4) is 5.75 Å². The van der Waals surface area contributed by atoms with Crippen LogP contribution in [0.25, 0.3) is 0 Å². The number of nitrogens with zero attached hydrogens (tertiary/aromatic N) is 1. The summed E-state index contributed by atoms with van der Waals surface area (Å²) >= 11 is 1.55. The van der Waals surface area contributed by atoms with Crippen molar-refractivity contribution in [1.29, 1.82) is 0 Å². The Morgan fingerprint density at radius 3 is 2.95 bits per heavy atom. The van der Waals surface area contributed by atoms with Crippen LogP contribution in [0.15, 0.2) is 24.4 Å². The summed E-state index contributed by atoms with van der Waals surface area (Å²) < 4.78 is 5.09. The lowest BCUT2D eigenvalue weighted by Crippen LogP contribution is -2.23. The van der Waals surface area contributed by atoms with Gasteiger partial charge in [-0.05, 0) is 19.1 Å². The standard InChI is InChI=1S/C13H15N3O2S/c1-8-6-15-11(19-8)7-16-13(17)9-4-3-5-10(18-2)12(9)14/h3-6H,7,14H2,1-2H3,(H,16,17). The summed E-state index contributed by atoms with van der Waals surface area (Å²) in [5.74, 6) is 0.266. The number of benzene rings is 1. The number of hydrogen-bond donors (Lipinski definition) is 2. The molecule has 0 radical (unpaired) electrons. The molecule has 0 fully saturated rings. The second-order valence-electron chi connectivity index (χ2n) is 3.97. The van der Waals surface area contributed by atoms with Crippen LogP contribution in [0.1, 0.15) is 20.2 Å². The van der Waals surface area contributed by atoms with Crippen molar-refractivity contribution in [3.63, 3.8) is 0 Å². The molecule has 100 valence electrons. The number of nitrogens with two attached hydrogens (primary N) is 1. The highest BCUT2D eigenvalue weighted by Crippen LogP contribution is 2.24. The molecule has 0 aliphatic heterocycles. The zero-order valence-corrected chi connectivity index (χ0v) is 11.6. The molecule has 3 N–H and O–H groups in total. The number of carbonyl (C=O) groups excluding carboxylic acids is 1. The molecule has 5 nitrogen and oxygen atoms in total. The van der Waals surface area contributed by atoms with Crippen LogP contribution < -0.4 is 15.8 Å². The van der Waals surface area contributed by atoms with Crippen molar-refractivity contribution in [2.45, 2.75) is 13.5 Å². The van der Waals surface area contributed by atoms with E-state index in [9.17, 15) is 4.79 Å². The highest BCUT2D eigenvalue weighted by Gasteiger charge is 2.13. The molecule has 1 amide bonds. The number of methoxy groups -OCH3 is 1. The summed E-state index contributed by atoms with van der Waals surface area (Å²) in [6, 6.07) is 5.12. The molecule has 0 unspecified atom stereocenters. The van der Waals surface area contributed by atoms with Crippen LogP contribution >= 0.6 is 11.3 Å². The first-order chi connectivity index (χ1) is 9.11. The Morgan fingerprint density at radius 1 is 1.53 bits per heavy atom. The van der Waals surface area contributed by atoms with Crippen LogP contribution in [0.4, 0.5) is 5.69 Å². The van der Waals surface area contributed by atoms with Crippen molar-refractivity contribution in [1.82, 2.24) is 10.3 Å². The molecule has 1 aromatic heterocycles. The average Bonchev–Trinajstić information content (AvgIpc) is 2.82. The number of ether oxygens (including phenoxy) is 1. The van der Waals surface area contributed by atoms with E-state index in [1.54, 1.807) is 35.7 Å². The van der Waals surface area contributed by atoms with Gasteiger partial charge in [-0.3, -0.25) is 4.79 Å². The van der Waals surface area contributed by atoms with Crippen molar-refractivity contribution in [2.75, 3.05) is 12.8 Å². The van der Waals surface area contributed by atoms with E-state index in [4.69, 9.17) is 10.5 Å². The van der Waals surface area contributed by atoms with Gasteiger partial charge >= 0.3 is 0 Å². The molecular weight excluding hydrogens is 262 g/mol. The summed E-state index contributed by atoms with van der Waals surface area (Å²) in [6.07, 6.45) is 1.78. The molecule has 0 atom stereocenters. The minimum atomic E-state index is -0.232. The van der Waals surface area contributed by atoms with Crippen molar-refractivity contribution >= 4 is 22.9 Å². The second kappa shape index (κ2) is 5.71. The third kappa shape index (κ3) is 3.03. The summed E-state index contributed by atoms with van der Waals surface area (Å²) in [4.78, 5) is 17.3. The summed E-state index contributed by atoms with van der Waals surface area (Å²) in [6.45, 7) is 2.37. The number of amides is 1. The highest BCUT2D eigenvalue weighted by atomic mass is 32.1. The van der Waals surface area contributed by atoms with Gasteiger partial charge in [0.05, 0.1) is 24.9 Å². The van der Waals surface area contributed by atoms with Crippen LogP contribution in [0, 0.1) is 6.92 Å². The first-order valence-electron chi connectivity index (χ1n) is 5.74. The maximum atomic E-state index is 12.0. The number of anilines is 1. The molecule has 0 aliphatic carbocycles. The van der Waals surface area contributed by atoms with E-state index in [1.165, 1.54) is 7.11 Å². The molecular formula is C13H15N3O2S. The SMILES string of the molecule is COc1cccc(C(=O)NCc2ncc(C)s2)c1N. The molecule has 0 aliphatic rings. The first kappa shape index (κ1) is 13.4. The lowest BCUT2D eigenvalue weighted by Gasteiger charge is -2.09. The molecule has 1 heterocycles. The lowest BCUT2D eigenvalue weighted by atomic mass is 10.1. The lowest BCUT2D eigenvalue weighted by molar-refractivity contribution is 0.0951. The number of rotatable bonds is 4. The summed E-state index contributed by atoms with van der Waals surface area (Å²) in [5, 5.41) is 3.66. The number of hydrogen-bond acceptors (Lipinski definition) is 5. The van der Waals surface area contributed by atoms with E-state index in [0.29, 0.717) is 23.5 Å². The number of aromatic nitrogens is 1. The molecule has 6 heteroatoms. The monoisotopic (exact) mass is 277 g/mol. The fourth-order valence-corrected chi connectivity index (χ4v) is 2.38. The fraction of sp³-hybridized carbons (Fsp3) is 0.231. The number of para-hydroxylation sites is 1. The van der Waals surface area contributed by atoms with Gasteiger partial charge in [-0.2, -0.15) is 0 Å². The van der Waals surface area contributed by atoms with E-state index in [2.05, 4.69) is 10.3 Å². The highest BCUT2D eigenvalue weighted by molar-refractivity contribution is 7.11. The van der Waals surface area contributed by atoms with Crippen LogP contribution in [0.5, 0.6) is 5.75 Å². The Bertz CT molecular complexity index is 595. The Morgan fingerprint density at radius 2 is 2.32 bits per heavy atom. The van der Waals surface area contributed by atoms with Crippen molar-refractivity contribution in [3.05, 3.63) is 39.8 Å². The maximum Gasteiger partial charge on any atom is 0.253 e. The van der Waals surface area contributed by atoms with Gasteiger partial charge in [0, 0.05) is 11.1 Å². The third-order valence-electron chi connectivity index (χ3n) is 2.60. The van der Waals surface area contributed by atoms with E-state index in [1.807, 2.05) is 6.92 Å². The van der Waals surface area contributed by atoms with Crippen LogP contribution in [-0.2, 0) is 6.54 Å². The van der Waals surface area contributed by atoms with Gasteiger partial charge in [-0.15, -0.1) is 11.3 Å². The number of nitrogen functional groups attached to an aromatic ring is 1. The second-order valence-corrected chi connectivity index (χ2v) is 5.29. The smallest absolute Gasteiger partial charge is 0.253 e. The van der Waals surface area contributed by atoms with Crippen LogP contribution in [0.2, 0.25) is 0 Å². The van der Waals surface area contributed by atoms with Crippen LogP contribution in [0.3, 0.4) is 0 Å². The molecule has 19 heavy (non-hydrogen) atoms. The molecule has 1 aromatic carbocycles. The predicted octanol–water partition coefficient (Wildman–Crippen LogP) is 1.97. The predicted molar refractivity (Wildman–Crippen MR) is 75.4 cm³/mol. The molecule has 0 bridgehead atoms. The van der Waals surface area contributed by atoms with Gasteiger partial charge in [0.1, 0.15) is 10.8 Å². The Kier molecular flexibility index (Phi) is 4.01. The van der Waals surface area contributed by atoms with Crippen LogP contribution in [-0.4, -0.2) is 18.0 Å². The quantitative estimate of drug-likeness (QED) is 0.838. The van der Waals surface area contributed by atoms with E-state index >= 15 is 0 Å². The Hall–Kier alpha value is -2.08. The van der Waals surface area contributed by atoms with E-state index in [-0.39, 0.29) is 5.91 Å². The van der Waals surface area contributed by atoms with E-state index < -0.39 is 0 Å². The molecule has 0 saturated carbocycles. The van der Waals surface area contributed by atoms with Crippen molar-refractivity contribution in [2.24, 2.45) is 0 Å². The number of aryl methyl sites for hydroxylation is 1. The minimum absolute atomic E-state index is 0.232. The summed E-state index contributed by atoms with van der Waals surface area (Å²) in [7, 11) is 1.52. The fourth-order valence-electron chi connectivity index (χ4n) is 1.65. The Labute approximate surface area is 115 Å². The van der Waals surface area contributed by atoms with Gasteiger partial charge in [0.25, 0.3) is 5.91 Å². The van der Waals surface area contributed by atoms with E-state index in [0.717, 1.165) is 9.88 Å². The topological polar surface area (TPSA) is 77.2 Å². The van der Waals surface area contributed by atoms with Crippen molar-refractivity contribution < 1.29 is 9.53 Å². The first-order valence-corrected chi connectivity index (χ1v) is 6.55. The third-order valence-corrected chi connectivity index (χ3v) is 3.51. The van der Waals surface area contributed by atoms with Gasteiger partial charge in [0.2, 0.25) is 0 Å². The molecule has 2 aromatic rings. The van der Waals surface area contributed by atoms with Gasteiger partial charge in [0.15, 0.2) is 0 Å². The zero-order valence-electron chi connectivity index (χ0n) is 10.8. The average molecular weight is 277 g/mol. The zero-order chi connectivity index (χ0) is 13.8. The Balaban J connectivity index is 2.08. The number of thiazole rings is 1. The van der Waals surface area contributed by atoms with Gasteiger partial charge < -0.3 is 15.8 Å². The summed E-state index contributed by atoms with van der Waals surface area (Å²) in [5.41, 5.74) is 6.62. The number of nitrogens with one attached hydrogen (secondary N) is 1. The largest absolute Gasteiger partial charge is 0.495 e. The maximum absolute atomic E-state index is 12.0. The molecule has 0 saturated heterocycles. The van der Waals surface area contributed by atoms with Gasteiger partial charge in [-0.1, -0.05) is 6.07 Å².